The van der Waals surface area contributed by atoms with Crippen molar-refractivity contribution in [3.05, 3.63) is 12.2 Å². The predicted octanol–water partition coefficient (Wildman–Crippen LogP) is 1.22. The van der Waals surface area contributed by atoms with Gasteiger partial charge in [0.1, 0.15) is 0 Å². The molecule has 0 spiro atoms. The van der Waals surface area contributed by atoms with Crippen LogP contribution in [0.1, 0.15) is 13.3 Å². The van der Waals surface area contributed by atoms with E-state index in [0.29, 0.717) is 13.0 Å². The van der Waals surface area contributed by atoms with Crippen LogP contribution in [0.25, 0.3) is 0 Å². The van der Waals surface area contributed by atoms with E-state index < -0.39 is 0 Å². The van der Waals surface area contributed by atoms with Gasteiger partial charge >= 0.3 is 0 Å². The Kier molecular flexibility index (Phi) is 4.69. The molecule has 2 heteroatoms. The molecule has 0 aliphatic rings. The van der Waals surface area contributed by atoms with E-state index >= 15 is 0 Å². The molecular weight excluding hydrogens is 114 g/mol. The van der Waals surface area contributed by atoms with Crippen LogP contribution in [0.4, 0.5) is 0 Å². The molecule has 0 rings (SSSR count). The molecule has 0 unspecified atom stereocenters. The number of hydrogen-bond donors (Lipinski definition) is 0. The van der Waals surface area contributed by atoms with Crippen molar-refractivity contribution in [2.24, 2.45) is 4.99 Å². The number of nitrogens with zero attached hydrogens (tertiary/aromatic N) is 1. The Morgan fingerprint density at radius 1 is 1.78 bits per heavy atom. The summed E-state index contributed by atoms with van der Waals surface area (Å²) in [5, 5.41) is 0. The van der Waals surface area contributed by atoms with E-state index in [1.165, 1.54) is 6.08 Å². The van der Waals surface area contributed by atoms with Crippen molar-refractivity contribution in [3.63, 3.8) is 0 Å². The highest BCUT2D eigenvalue weighted by Crippen LogP contribution is 1.82. The monoisotopic (exact) mass is 125 g/mol. The third kappa shape index (κ3) is 4.94. The second-order valence-corrected chi connectivity index (χ2v) is 1.63. The highest BCUT2D eigenvalue weighted by Gasteiger charge is 1.85. The average molecular weight is 125 g/mol. The fourth-order valence-electron chi connectivity index (χ4n) is 0.377. The van der Waals surface area contributed by atoms with E-state index in [1.807, 2.05) is 6.92 Å². The van der Waals surface area contributed by atoms with E-state index in [1.54, 1.807) is 6.08 Å². The Labute approximate surface area is 55.3 Å². The maximum atomic E-state index is 10.5. The fraction of sp³-hybridized carbons (Fsp3) is 0.429. The Bertz CT molecular complexity index is 127. The minimum Gasteiger partial charge on any atom is -0.297 e. The topological polar surface area (TPSA) is 29.4 Å². The Morgan fingerprint density at radius 3 is 2.89 bits per heavy atom. The van der Waals surface area contributed by atoms with Gasteiger partial charge in [0.05, 0.1) is 6.54 Å². The Hall–Kier alpha value is -0.920. The molecular formula is C7H11NO. The summed E-state index contributed by atoms with van der Waals surface area (Å²) in [6.45, 7) is 5.63. The molecule has 0 aromatic heterocycles. The molecule has 0 aromatic rings. The normalized spacial score (nSPS) is 9.89. The maximum Gasteiger partial charge on any atom is 0.155 e. The lowest BCUT2D eigenvalue weighted by Crippen LogP contribution is -1.87. The average Bonchev–Trinajstić information content (AvgIpc) is 1.89. The van der Waals surface area contributed by atoms with E-state index in [-0.39, 0.29) is 5.78 Å². The number of carbonyl (C=O) groups is 1. The van der Waals surface area contributed by atoms with Gasteiger partial charge in [0, 0.05) is 6.42 Å². The van der Waals surface area contributed by atoms with Crippen molar-refractivity contribution in [2.75, 3.05) is 6.54 Å². The minimum atomic E-state index is 0.138. The quantitative estimate of drug-likeness (QED) is 0.410. The van der Waals surface area contributed by atoms with Gasteiger partial charge in [-0.05, 0) is 12.8 Å². The van der Waals surface area contributed by atoms with Gasteiger partial charge in [0.2, 0.25) is 0 Å². The van der Waals surface area contributed by atoms with Gasteiger partial charge in [0.25, 0.3) is 0 Å². The van der Waals surface area contributed by atoms with Crippen molar-refractivity contribution in [2.45, 2.75) is 13.3 Å². The van der Waals surface area contributed by atoms with Gasteiger partial charge in [-0.25, -0.2) is 0 Å². The summed E-state index contributed by atoms with van der Waals surface area (Å²) in [5.74, 6) is 0.138. The molecule has 0 heterocycles. The van der Waals surface area contributed by atoms with E-state index in [9.17, 15) is 4.79 Å². The van der Waals surface area contributed by atoms with Crippen LogP contribution in [0.15, 0.2) is 17.1 Å². The molecule has 0 fully saturated rings. The van der Waals surface area contributed by atoms with Gasteiger partial charge in [-0.1, -0.05) is 13.0 Å². The molecule has 0 aliphatic carbocycles. The van der Waals surface area contributed by atoms with Crippen molar-refractivity contribution >= 4 is 12.5 Å². The van der Waals surface area contributed by atoms with Crippen molar-refractivity contribution in [1.29, 1.82) is 0 Å². The van der Waals surface area contributed by atoms with Crippen LogP contribution in [-0.2, 0) is 4.79 Å². The van der Waals surface area contributed by atoms with Gasteiger partial charge in [-0.2, -0.15) is 0 Å². The first kappa shape index (κ1) is 8.08. The summed E-state index contributed by atoms with van der Waals surface area (Å²) in [5.41, 5.74) is 0. The highest BCUT2D eigenvalue weighted by molar-refractivity contribution is 5.89. The van der Waals surface area contributed by atoms with Crippen molar-refractivity contribution < 1.29 is 4.79 Å². The molecule has 2 nitrogen and oxygen atoms in total. The number of aliphatic imine (C=N–C) groups is 1. The number of allylic oxidation sites excluding steroid dienone is 1. The largest absolute Gasteiger partial charge is 0.297 e. The zero-order valence-corrected chi connectivity index (χ0v) is 5.63. The molecule has 0 saturated carbocycles. The lowest BCUT2D eigenvalue weighted by Gasteiger charge is -1.81. The first-order chi connectivity index (χ1) is 4.31. The summed E-state index contributed by atoms with van der Waals surface area (Å²) in [4.78, 5) is 14.1. The van der Waals surface area contributed by atoms with Gasteiger partial charge in [-0.3, -0.25) is 9.79 Å². The lowest BCUT2D eigenvalue weighted by atomic mass is 10.3. The van der Waals surface area contributed by atoms with Gasteiger partial charge < -0.3 is 0 Å². The Balaban J connectivity index is 3.43. The van der Waals surface area contributed by atoms with Crippen LogP contribution >= 0.6 is 0 Å². The zero-order valence-electron chi connectivity index (χ0n) is 5.63. The zero-order chi connectivity index (χ0) is 7.11. The van der Waals surface area contributed by atoms with Crippen LogP contribution in [0.2, 0.25) is 0 Å². The number of rotatable bonds is 4. The number of carbonyl (C=O) groups excluding carboxylic acids is 1. The molecule has 0 bridgehead atoms. The SMILES string of the molecule is C=NC/C=C/C(=O)CC. The molecule has 0 N–H and O–H groups in total. The van der Waals surface area contributed by atoms with Gasteiger partial charge in [-0.15, -0.1) is 0 Å². The molecule has 9 heavy (non-hydrogen) atoms. The van der Waals surface area contributed by atoms with E-state index in [0.717, 1.165) is 0 Å². The van der Waals surface area contributed by atoms with Crippen LogP contribution in [0.3, 0.4) is 0 Å². The second-order valence-electron chi connectivity index (χ2n) is 1.63. The molecule has 0 aliphatic heterocycles. The lowest BCUT2D eigenvalue weighted by molar-refractivity contribution is -0.114. The number of hydrogen-bond acceptors (Lipinski definition) is 2. The minimum absolute atomic E-state index is 0.138. The fourth-order valence-corrected chi connectivity index (χ4v) is 0.377. The van der Waals surface area contributed by atoms with Crippen LogP contribution in [0.5, 0.6) is 0 Å². The molecule has 50 valence electrons. The third-order valence-corrected chi connectivity index (χ3v) is 0.887. The number of ketones is 1. The molecule has 0 aromatic carbocycles. The summed E-state index contributed by atoms with van der Waals surface area (Å²) < 4.78 is 0. The standard InChI is InChI=1S/C7H11NO/c1-3-7(9)5-4-6-8-2/h4-5H,2-3,6H2,1H3/b5-4+. The molecule has 0 radical (unpaired) electrons. The predicted molar refractivity (Wildman–Crippen MR) is 38.9 cm³/mol. The second kappa shape index (κ2) is 5.22. The smallest absolute Gasteiger partial charge is 0.155 e. The summed E-state index contributed by atoms with van der Waals surface area (Å²) in [7, 11) is 0. The van der Waals surface area contributed by atoms with E-state index in [4.69, 9.17) is 0 Å². The first-order valence-corrected chi connectivity index (χ1v) is 2.93. The van der Waals surface area contributed by atoms with Crippen molar-refractivity contribution in [3.8, 4) is 0 Å². The third-order valence-electron chi connectivity index (χ3n) is 0.887. The molecule has 0 saturated heterocycles. The summed E-state index contributed by atoms with van der Waals surface area (Å²) in [6.07, 6.45) is 3.81. The summed E-state index contributed by atoms with van der Waals surface area (Å²) in [6, 6.07) is 0. The van der Waals surface area contributed by atoms with Crippen LogP contribution in [-0.4, -0.2) is 19.0 Å². The highest BCUT2D eigenvalue weighted by atomic mass is 16.1. The molecule has 0 atom stereocenters. The van der Waals surface area contributed by atoms with Crippen LogP contribution < -0.4 is 0 Å². The van der Waals surface area contributed by atoms with Crippen LogP contribution in [0, 0.1) is 0 Å². The van der Waals surface area contributed by atoms with Crippen molar-refractivity contribution in [1.82, 2.24) is 0 Å². The molecule has 0 amide bonds. The maximum absolute atomic E-state index is 10.5. The first-order valence-electron chi connectivity index (χ1n) is 2.93. The summed E-state index contributed by atoms with van der Waals surface area (Å²) >= 11 is 0. The van der Waals surface area contributed by atoms with E-state index in [2.05, 4.69) is 11.7 Å². The van der Waals surface area contributed by atoms with Gasteiger partial charge in [0.15, 0.2) is 5.78 Å². The Morgan fingerprint density at radius 2 is 2.44 bits per heavy atom.